The first-order valence-electron chi connectivity index (χ1n) is 5.44. The van der Waals surface area contributed by atoms with Gasteiger partial charge in [-0.15, -0.1) is 11.3 Å². The van der Waals surface area contributed by atoms with Gasteiger partial charge >= 0.3 is 0 Å². The van der Waals surface area contributed by atoms with Crippen LogP contribution in [0.4, 0.5) is 0 Å². The minimum absolute atomic E-state index is 0.0443. The van der Waals surface area contributed by atoms with Gasteiger partial charge in [-0.2, -0.15) is 0 Å². The molecule has 0 saturated heterocycles. The molecule has 0 bridgehead atoms. The van der Waals surface area contributed by atoms with Crippen molar-refractivity contribution < 1.29 is 4.74 Å². The van der Waals surface area contributed by atoms with Crippen LogP contribution < -0.4 is 5.73 Å². The maximum atomic E-state index is 6.27. The number of hydrogen-bond acceptors (Lipinski definition) is 3. The number of halogens is 1. The summed E-state index contributed by atoms with van der Waals surface area (Å²) in [7, 11) is 0. The van der Waals surface area contributed by atoms with Crippen molar-refractivity contribution in [3.05, 3.63) is 55.7 Å². The van der Waals surface area contributed by atoms with Gasteiger partial charge in [0.15, 0.2) is 0 Å². The molecule has 17 heavy (non-hydrogen) atoms. The van der Waals surface area contributed by atoms with Crippen molar-refractivity contribution in [1.82, 2.24) is 0 Å². The highest BCUT2D eigenvalue weighted by Crippen LogP contribution is 2.31. The van der Waals surface area contributed by atoms with Crippen molar-refractivity contribution in [1.29, 1.82) is 0 Å². The maximum absolute atomic E-state index is 6.27. The van der Waals surface area contributed by atoms with Gasteiger partial charge in [-0.05, 0) is 44.8 Å². The van der Waals surface area contributed by atoms with Gasteiger partial charge in [-0.3, -0.25) is 0 Å². The Labute approximate surface area is 113 Å². The minimum Gasteiger partial charge on any atom is -0.372 e. The summed E-state index contributed by atoms with van der Waals surface area (Å²) in [5, 5.41) is 0. The molecule has 1 aliphatic heterocycles. The summed E-state index contributed by atoms with van der Waals surface area (Å²) in [6, 6.07) is 10.5. The van der Waals surface area contributed by atoms with Gasteiger partial charge in [0, 0.05) is 4.88 Å². The predicted molar refractivity (Wildman–Crippen MR) is 73.0 cm³/mol. The van der Waals surface area contributed by atoms with Crippen molar-refractivity contribution in [2.75, 3.05) is 0 Å². The SMILES string of the molecule is NC(c1ccc2c(c1)COC2)c1ccc(Br)s1. The highest BCUT2D eigenvalue weighted by atomic mass is 79.9. The van der Waals surface area contributed by atoms with Crippen molar-refractivity contribution in [3.63, 3.8) is 0 Å². The number of ether oxygens (including phenoxy) is 1. The molecule has 2 aromatic rings. The van der Waals surface area contributed by atoms with Crippen LogP contribution in [-0.2, 0) is 18.0 Å². The van der Waals surface area contributed by atoms with Crippen LogP contribution in [0.25, 0.3) is 0 Å². The highest BCUT2D eigenvalue weighted by Gasteiger charge is 2.16. The summed E-state index contributed by atoms with van der Waals surface area (Å²) in [6.45, 7) is 1.44. The molecular weight excluding hydrogens is 298 g/mol. The Bertz CT molecular complexity index is 552. The van der Waals surface area contributed by atoms with Crippen LogP contribution in [0.2, 0.25) is 0 Å². The lowest BCUT2D eigenvalue weighted by molar-refractivity contribution is 0.134. The second-order valence-corrected chi connectivity index (χ2v) is 6.64. The van der Waals surface area contributed by atoms with E-state index in [0.29, 0.717) is 6.61 Å². The van der Waals surface area contributed by atoms with E-state index in [0.717, 1.165) is 16.0 Å². The fourth-order valence-electron chi connectivity index (χ4n) is 2.05. The van der Waals surface area contributed by atoms with Crippen LogP contribution in [0.1, 0.15) is 27.6 Å². The summed E-state index contributed by atoms with van der Waals surface area (Å²) < 4.78 is 6.53. The minimum atomic E-state index is -0.0443. The third-order valence-corrected chi connectivity index (χ3v) is 4.71. The van der Waals surface area contributed by atoms with Crippen molar-refractivity contribution in [2.24, 2.45) is 5.73 Å². The van der Waals surface area contributed by atoms with Gasteiger partial charge in [0.2, 0.25) is 0 Å². The largest absolute Gasteiger partial charge is 0.372 e. The fraction of sp³-hybridized carbons (Fsp3) is 0.231. The van der Waals surface area contributed by atoms with Gasteiger partial charge in [-0.25, -0.2) is 0 Å². The first-order chi connectivity index (χ1) is 8.24. The number of fused-ring (bicyclic) bond motifs is 1. The van der Waals surface area contributed by atoms with E-state index >= 15 is 0 Å². The second-order valence-electron chi connectivity index (χ2n) is 4.14. The normalized spacial score (nSPS) is 15.9. The first kappa shape index (κ1) is 11.4. The number of thiophene rings is 1. The van der Waals surface area contributed by atoms with Gasteiger partial charge < -0.3 is 10.5 Å². The first-order valence-corrected chi connectivity index (χ1v) is 7.05. The Kier molecular flexibility index (Phi) is 3.04. The van der Waals surface area contributed by atoms with Crippen LogP contribution in [0, 0.1) is 0 Å². The molecule has 1 atom stereocenters. The lowest BCUT2D eigenvalue weighted by Crippen LogP contribution is -2.10. The molecular formula is C13H12BrNOS. The molecule has 1 unspecified atom stereocenters. The molecule has 0 aliphatic carbocycles. The van der Waals surface area contributed by atoms with Gasteiger partial charge in [0.25, 0.3) is 0 Å². The van der Waals surface area contributed by atoms with E-state index in [2.05, 4.69) is 40.2 Å². The zero-order valence-electron chi connectivity index (χ0n) is 9.15. The van der Waals surface area contributed by atoms with Crippen LogP contribution in [0.3, 0.4) is 0 Å². The maximum Gasteiger partial charge on any atom is 0.0725 e. The Morgan fingerprint density at radius 1 is 1.18 bits per heavy atom. The monoisotopic (exact) mass is 309 g/mol. The zero-order valence-corrected chi connectivity index (χ0v) is 11.6. The third-order valence-electron chi connectivity index (χ3n) is 3.01. The summed E-state index contributed by atoms with van der Waals surface area (Å²) in [5.41, 5.74) is 9.99. The topological polar surface area (TPSA) is 35.2 Å². The Hall–Kier alpha value is -0.680. The van der Waals surface area contributed by atoms with Crippen LogP contribution in [-0.4, -0.2) is 0 Å². The zero-order chi connectivity index (χ0) is 11.8. The van der Waals surface area contributed by atoms with Crippen LogP contribution >= 0.6 is 27.3 Å². The van der Waals surface area contributed by atoms with E-state index < -0.39 is 0 Å². The molecule has 2 N–H and O–H groups in total. The molecule has 3 rings (SSSR count). The molecule has 1 aliphatic rings. The van der Waals surface area contributed by atoms with Crippen molar-refractivity contribution in [2.45, 2.75) is 19.3 Å². The van der Waals surface area contributed by atoms with E-state index in [1.54, 1.807) is 11.3 Å². The molecule has 0 amide bonds. The lowest BCUT2D eigenvalue weighted by atomic mass is 10.0. The molecule has 2 nitrogen and oxygen atoms in total. The summed E-state index contributed by atoms with van der Waals surface area (Å²) in [5.74, 6) is 0. The standard InChI is InChI=1S/C13H12BrNOS/c14-12-4-3-11(17-12)13(15)8-1-2-9-6-16-7-10(9)5-8/h1-5,13H,6-7,15H2. The van der Waals surface area contributed by atoms with Gasteiger partial charge in [-0.1, -0.05) is 18.2 Å². The number of rotatable bonds is 2. The summed E-state index contributed by atoms with van der Waals surface area (Å²) >= 11 is 5.15. The Balaban J connectivity index is 1.94. The van der Waals surface area contributed by atoms with E-state index in [1.165, 1.54) is 16.0 Å². The van der Waals surface area contributed by atoms with E-state index in [4.69, 9.17) is 10.5 Å². The summed E-state index contributed by atoms with van der Waals surface area (Å²) in [6.07, 6.45) is 0. The number of hydrogen-bond donors (Lipinski definition) is 1. The van der Waals surface area contributed by atoms with E-state index in [-0.39, 0.29) is 6.04 Å². The Morgan fingerprint density at radius 3 is 2.76 bits per heavy atom. The number of nitrogens with two attached hydrogens (primary N) is 1. The predicted octanol–water partition coefficient (Wildman–Crippen LogP) is 3.59. The molecule has 0 fully saturated rings. The fourth-order valence-corrected chi connectivity index (χ4v) is 3.50. The molecule has 4 heteroatoms. The van der Waals surface area contributed by atoms with Crippen molar-refractivity contribution >= 4 is 27.3 Å². The smallest absolute Gasteiger partial charge is 0.0725 e. The summed E-state index contributed by atoms with van der Waals surface area (Å²) in [4.78, 5) is 1.18. The molecule has 0 radical (unpaired) electrons. The number of benzene rings is 1. The van der Waals surface area contributed by atoms with Gasteiger partial charge in [0.05, 0.1) is 23.0 Å². The van der Waals surface area contributed by atoms with E-state index in [1.807, 2.05) is 6.07 Å². The molecule has 88 valence electrons. The molecule has 0 spiro atoms. The molecule has 0 saturated carbocycles. The molecule has 1 aromatic carbocycles. The van der Waals surface area contributed by atoms with Crippen LogP contribution in [0.5, 0.6) is 0 Å². The quantitative estimate of drug-likeness (QED) is 0.920. The van der Waals surface area contributed by atoms with Crippen molar-refractivity contribution in [3.8, 4) is 0 Å². The third kappa shape index (κ3) is 2.18. The highest BCUT2D eigenvalue weighted by molar-refractivity contribution is 9.11. The van der Waals surface area contributed by atoms with Crippen LogP contribution in [0.15, 0.2) is 34.1 Å². The molecule has 1 aromatic heterocycles. The van der Waals surface area contributed by atoms with Gasteiger partial charge in [0.1, 0.15) is 0 Å². The Morgan fingerprint density at radius 2 is 2.00 bits per heavy atom. The van der Waals surface area contributed by atoms with E-state index in [9.17, 15) is 0 Å². The average molecular weight is 310 g/mol. The second kappa shape index (κ2) is 4.53. The lowest BCUT2D eigenvalue weighted by Gasteiger charge is -2.11. The molecule has 2 heterocycles. The average Bonchev–Trinajstić information content (AvgIpc) is 2.95.